The van der Waals surface area contributed by atoms with Gasteiger partial charge in [-0.15, -0.1) is 11.6 Å². The van der Waals surface area contributed by atoms with Gasteiger partial charge in [0.2, 0.25) is 5.91 Å². The second-order valence-electron chi connectivity index (χ2n) is 6.20. The van der Waals surface area contributed by atoms with Crippen molar-refractivity contribution in [1.82, 2.24) is 4.90 Å². The van der Waals surface area contributed by atoms with E-state index in [2.05, 4.69) is 0 Å². The first-order valence-electron chi connectivity index (χ1n) is 7.64. The molecule has 1 aliphatic heterocycles. The summed E-state index contributed by atoms with van der Waals surface area (Å²) in [6.45, 7) is 0. The van der Waals surface area contributed by atoms with Gasteiger partial charge in [0, 0.05) is 12.6 Å². The van der Waals surface area contributed by atoms with E-state index in [1.54, 1.807) is 0 Å². The second-order valence-corrected chi connectivity index (χ2v) is 6.73. The number of alkyl halides is 1. The summed E-state index contributed by atoms with van der Waals surface area (Å²) in [5.41, 5.74) is 2.45. The van der Waals surface area contributed by atoms with Crippen molar-refractivity contribution < 1.29 is 9.59 Å². The van der Waals surface area contributed by atoms with Gasteiger partial charge in [0.05, 0.1) is 11.8 Å². The van der Waals surface area contributed by atoms with Crippen molar-refractivity contribution in [3.63, 3.8) is 0 Å². The SMILES string of the molecule is CN1C(=O)Cc2ccc(C(Cl)CC3CCCC3)cc2C1=O. The van der Waals surface area contributed by atoms with Crippen LogP contribution < -0.4 is 0 Å². The highest BCUT2D eigenvalue weighted by atomic mass is 35.5. The molecule has 2 amide bonds. The minimum atomic E-state index is -0.215. The quantitative estimate of drug-likeness (QED) is 0.631. The summed E-state index contributed by atoms with van der Waals surface area (Å²) in [6.07, 6.45) is 6.43. The predicted octanol–water partition coefficient (Wildman–Crippen LogP) is 3.70. The van der Waals surface area contributed by atoms with Gasteiger partial charge in [0.15, 0.2) is 0 Å². The number of imide groups is 1. The number of likely N-dealkylation sites (N-methyl/N-ethyl adjacent to an activating group) is 1. The molecule has 1 aliphatic carbocycles. The van der Waals surface area contributed by atoms with Gasteiger partial charge in [-0.3, -0.25) is 14.5 Å². The zero-order valence-electron chi connectivity index (χ0n) is 12.3. The normalized spacial score (nSPS) is 20.8. The molecule has 21 heavy (non-hydrogen) atoms. The number of fused-ring (bicyclic) bond motifs is 1. The number of amides is 2. The van der Waals surface area contributed by atoms with Crippen LogP contribution in [0.3, 0.4) is 0 Å². The summed E-state index contributed by atoms with van der Waals surface area (Å²) in [5, 5.41) is -0.0471. The maximum atomic E-state index is 12.2. The standard InChI is InChI=1S/C17H20ClNO2/c1-19-16(20)10-12-6-7-13(9-14(12)17(19)21)15(18)8-11-4-2-3-5-11/h6-7,9,11,15H,2-5,8,10H2,1H3. The van der Waals surface area contributed by atoms with Crippen LogP contribution >= 0.6 is 11.6 Å². The number of rotatable bonds is 3. The third-order valence-corrected chi connectivity index (χ3v) is 5.19. The molecule has 1 saturated carbocycles. The number of carbonyl (C=O) groups excluding carboxylic acids is 2. The van der Waals surface area contributed by atoms with Crippen LogP contribution in [0, 0.1) is 5.92 Å². The molecule has 0 spiro atoms. The predicted molar refractivity (Wildman–Crippen MR) is 82.4 cm³/mol. The zero-order chi connectivity index (χ0) is 15.0. The van der Waals surface area contributed by atoms with Crippen LogP contribution in [0.2, 0.25) is 0 Å². The lowest BCUT2D eigenvalue weighted by molar-refractivity contribution is -0.127. The van der Waals surface area contributed by atoms with Gasteiger partial charge in [-0.05, 0) is 29.5 Å². The third kappa shape index (κ3) is 2.84. The Hall–Kier alpha value is -1.35. The van der Waals surface area contributed by atoms with Crippen molar-refractivity contribution in [2.24, 2.45) is 5.92 Å². The van der Waals surface area contributed by atoms with E-state index in [1.807, 2.05) is 18.2 Å². The van der Waals surface area contributed by atoms with Gasteiger partial charge >= 0.3 is 0 Å². The largest absolute Gasteiger partial charge is 0.281 e. The van der Waals surface area contributed by atoms with Crippen LogP contribution in [0.1, 0.15) is 59.0 Å². The fraction of sp³-hybridized carbons (Fsp3) is 0.529. The van der Waals surface area contributed by atoms with E-state index in [0.29, 0.717) is 17.9 Å². The molecule has 0 bridgehead atoms. The summed E-state index contributed by atoms with van der Waals surface area (Å²) in [5.74, 6) is 0.352. The fourth-order valence-corrected chi connectivity index (χ4v) is 3.78. The maximum Gasteiger partial charge on any atom is 0.260 e. The molecule has 3 rings (SSSR count). The molecule has 4 heteroatoms. The molecule has 1 fully saturated rings. The molecule has 2 aliphatic rings. The Morgan fingerprint density at radius 2 is 2.00 bits per heavy atom. The molecule has 0 N–H and O–H groups in total. The van der Waals surface area contributed by atoms with Crippen LogP contribution in [-0.2, 0) is 11.2 Å². The Morgan fingerprint density at radius 3 is 2.71 bits per heavy atom. The lowest BCUT2D eigenvalue weighted by Gasteiger charge is -2.24. The number of carbonyl (C=O) groups is 2. The molecule has 0 saturated heterocycles. The van der Waals surface area contributed by atoms with Crippen molar-refractivity contribution in [3.8, 4) is 0 Å². The smallest absolute Gasteiger partial charge is 0.260 e. The molecular weight excluding hydrogens is 286 g/mol. The molecule has 1 aromatic rings. The molecule has 112 valence electrons. The van der Waals surface area contributed by atoms with Crippen LogP contribution in [-0.4, -0.2) is 23.8 Å². The van der Waals surface area contributed by atoms with E-state index in [4.69, 9.17) is 11.6 Å². The molecule has 1 aromatic carbocycles. The van der Waals surface area contributed by atoms with Gasteiger partial charge in [0.1, 0.15) is 0 Å². The van der Waals surface area contributed by atoms with Gasteiger partial charge in [-0.1, -0.05) is 37.8 Å². The third-order valence-electron chi connectivity index (χ3n) is 4.76. The monoisotopic (exact) mass is 305 g/mol. The van der Waals surface area contributed by atoms with E-state index in [-0.39, 0.29) is 17.2 Å². The van der Waals surface area contributed by atoms with Crippen LogP contribution in [0.25, 0.3) is 0 Å². The van der Waals surface area contributed by atoms with Crippen LogP contribution in [0.5, 0.6) is 0 Å². The van der Waals surface area contributed by atoms with Gasteiger partial charge < -0.3 is 0 Å². The second kappa shape index (κ2) is 5.80. The average molecular weight is 306 g/mol. The van der Waals surface area contributed by atoms with E-state index < -0.39 is 0 Å². The minimum absolute atomic E-state index is 0.0471. The summed E-state index contributed by atoms with van der Waals surface area (Å²) in [6, 6.07) is 5.74. The van der Waals surface area contributed by atoms with Crippen molar-refractivity contribution in [2.45, 2.75) is 43.9 Å². The van der Waals surface area contributed by atoms with Gasteiger partial charge in [-0.2, -0.15) is 0 Å². The van der Waals surface area contributed by atoms with Crippen molar-refractivity contribution in [3.05, 3.63) is 34.9 Å². The lowest BCUT2D eigenvalue weighted by atomic mass is 9.92. The first kappa shape index (κ1) is 14.6. The average Bonchev–Trinajstić information content (AvgIpc) is 2.97. The summed E-state index contributed by atoms with van der Waals surface area (Å²) in [4.78, 5) is 25.1. The Balaban J connectivity index is 1.82. The number of hydrogen-bond acceptors (Lipinski definition) is 2. The van der Waals surface area contributed by atoms with Crippen molar-refractivity contribution in [2.75, 3.05) is 7.05 Å². The molecule has 3 nitrogen and oxygen atoms in total. The van der Waals surface area contributed by atoms with E-state index in [1.165, 1.54) is 37.6 Å². The summed E-state index contributed by atoms with van der Waals surface area (Å²) >= 11 is 6.55. The number of hydrogen-bond donors (Lipinski definition) is 0. The Morgan fingerprint density at radius 1 is 1.29 bits per heavy atom. The molecule has 1 unspecified atom stereocenters. The van der Waals surface area contributed by atoms with Crippen LogP contribution in [0.4, 0.5) is 0 Å². The van der Waals surface area contributed by atoms with E-state index in [0.717, 1.165) is 17.5 Å². The lowest BCUT2D eigenvalue weighted by Crippen LogP contribution is -2.39. The zero-order valence-corrected chi connectivity index (χ0v) is 13.0. The minimum Gasteiger partial charge on any atom is -0.281 e. The number of benzene rings is 1. The topological polar surface area (TPSA) is 37.4 Å². The summed E-state index contributed by atoms with van der Waals surface area (Å²) in [7, 11) is 1.54. The van der Waals surface area contributed by atoms with E-state index in [9.17, 15) is 9.59 Å². The van der Waals surface area contributed by atoms with Gasteiger partial charge in [-0.25, -0.2) is 0 Å². The maximum absolute atomic E-state index is 12.2. The molecule has 0 aromatic heterocycles. The Bertz CT molecular complexity index is 578. The molecule has 1 heterocycles. The highest BCUT2D eigenvalue weighted by molar-refractivity contribution is 6.21. The van der Waals surface area contributed by atoms with Crippen molar-refractivity contribution in [1.29, 1.82) is 0 Å². The number of halogens is 1. The number of nitrogens with zero attached hydrogens (tertiary/aromatic N) is 1. The first-order chi connectivity index (χ1) is 10.1. The van der Waals surface area contributed by atoms with Crippen molar-refractivity contribution >= 4 is 23.4 Å². The molecular formula is C17H20ClNO2. The summed E-state index contributed by atoms with van der Waals surface area (Å²) < 4.78 is 0. The van der Waals surface area contributed by atoms with Gasteiger partial charge in [0.25, 0.3) is 5.91 Å². The Kier molecular flexibility index (Phi) is 4.03. The van der Waals surface area contributed by atoms with Crippen LogP contribution in [0.15, 0.2) is 18.2 Å². The first-order valence-corrected chi connectivity index (χ1v) is 8.07. The molecule has 0 radical (unpaired) electrons. The van der Waals surface area contributed by atoms with E-state index >= 15 is 0 Å². The highest BCUT2D eigenvalue weighted by Crippen LogP contribution is 2.37. The molecule has 1 atom stereocenters. The Labute approximate surface area is 130 Å². The fourth-order valence-electron chi connectivity index (χ4n) is 3.39. The highest BCUT2D eigenvalue weighted by Gasteiger charge is 2.29.